The minimum absolute atomic E-state index is 0.137. The fourth-order valence-corrected chi connectivity index (χ4v) is 8.37. The van der Waals surface area contributed by atoms with Gasteiger partial charge in [0.05, 0.1) is 19.8 Å². The predicted octanol–water partition coefficient (Wildman–Crippen LogP) is 17.3. The van der Waals surface area contributed by atoms with Crippen molar-refractivity contribution in [2.75, 3.05) is 26.4 Å². The maximum atomic E-state index is 12.9. The van der Waals surface area contributed by atoms with Gasteiger partial charge in [-0.2, -0.15) is 0 Å². The lowest BCUT2D eigenvalue weighted by atomic mass is 10.1. The van der Waals surface area contributed by atoms with Crippen molar-refractivity contribution in [3.05, 3.63) is 97.2 Å². The average Bonchev–Trinajstić information content (AvgIpc) is 3.39. The lowest BCUT2D eigenvalue weighted by Crippen LogP contribution is -2.30. The number of phosphoric acid groups is 1. The molecule has 0 spiro atoms. The number of phosphoric ester groups is 1. The van der Waals surface area contributed by atoms with E-state index >= 15 is 0 Å². The molecule has 0 fully saturated rings. The number of esters is 3. The Kier molecular flexibility index (Phi) is 52.9. The molecule has 0 bridgehead atoms. The second-order valence-corrected chi connectivity index (χ2v) is 20.5. The second-order valence-electron chi connectivity index (χ2n) is 19.0. The van der Waals surface area contributed by atoms with Crippen LogP contribution in [0.5, 0.6) is 0 Å². The summed E-state index contributed by atoms with van der Waals surface area (Å²) in [6, 6.07) is 0. The number of allylic oxidation sites excluding steroid dienone is 16. The molecule has 0 saturated heterocycles. The SMILES string of the molecule is CC/C=C\C/C=C\C/C=C\CCCCCCCCCC(=O)OCC(COP(=O)(O)OCC(CO)OC(=O)CCCCC/C=C\C/C=C\C/C=C\CC)OC(=O)CCCCCCCCC/C=C\C/C=C\CCCCC. The normalized spacial score (nSPS) is 14.1. The fourth-order valence-electron chi connectivity index (χ4n) is 7.59. The first-order valence-corrected chi connectivity index (χ1v) is 30.6. The van der Waals surface area contributed by atoms with Gasteiger partial charge >= 0.3 is 25.7 Å². The third-order valence-corrected chi connectivity index (χ3v) is 12.9. The highest BCUT2D eigenvalue weighted by Gasteiger charge is 2.28. The van der Waals surface area contributed by atoms with E-state index in [0.29, 0.717) is 19.3 Å². The van der Waals surface area contributed by atoms with Gasteiger partial charge in [-0.05, 0) is 116 Å². The molecule has 0 aliphatic rings. The monoisotopic (exact) mass is 1060 g/mol. The highest BCUT2D eigenvalue weighted by molar-refractivity contribution is 7.47. The van der Waals surface area contributed by atoms with Crippen LogP contribution in [-0.2, 0) is 42.2 Å². The maximum absolute atomic E-state index is 12.9. The summed E-state index contributed by atoms with van der Waals surface area (Å²) in [5.74, 6) is -1.52. The van der Waals surface area contributed by atoms with E-state index in [1.165, 1.54) is 51.4 Å². The molecule has 74 heavy (non-hydrogen) atoms. The molecule has 3 unspecified atom stereocenters. The molecule has 0 aliphatic carbocycles. The first-order valence-electron chi connectivity index (χ1n) is 29.1. The van der Waals surface area contributed by atoms with Gasteiger partial charge in [-0.15, -0.1) is 0 Å². The van der Waals surface area contributed by atoms with Crippen LogP contribution in [0.3, 0.4) is 0 Å². The van der Waals surface area contributed by atoms with Gasteiger partial charge in [-0.25, -0.2) is 4.57 Å². The molecule has 0 heterocycles. The van der Waals surface area contributed by atoms with E-state index < -0.39 is 57.8 Å². The predicted molar refractivity (Wildman–Crippen MR) is 307 cm³/mol. The van der Waals surface area contributed by atoms with Crippen LogP contribution >= 0.6 is 7.82 Å². The van der Waals surface area contributed by atoms with E-state index in [0.717, 1.165) is 128 Å². The summed E-state index contributed by atoms with van der Waals surface area (Å²) >= 11 is 0. The summed E-state index contributed by atoms with van der Waals surface area (Å²) in [5.41, 5.74) is 0. The van der Waals surface area contributed by atoms with Crippen LogP contribution in [0.25, 0.3) is 0 Å². The van der Waals surface area contributed by atoms with E-state index in [2.05, 4.69) is 118 Å². The maximum Gasteiger partial charge on any atom is 0.472 e. The zero-order valence-electron chi connectivity index (χ0n) is 46.8. The van der Waals surface area contributed by atoms with Crippen LogP contribution in [-0.4, -0.2) is 66.5 Å². The van der Waals surface area contributed by atoms with Crippen molar-refractivity contribution in [2.45, 2.75) is 251 Å². The molecule has 0 aromatic rings. The Labute approximate surface area is 451 Å². The van der Waals surface area contributed by atoms with Crippen LogP contribution in [0.1, 0.15) is 239 Å². The zero-order chi connectivity index (χ0) is 54.1. The van der Waals surface area contributed by atoms with Gasteiger partial charge in [0, 0.05) is 19.3 Å². The highest BCUT2D eigenvalue weighted by Crippen LogP contribution is 2.43. The molecule has 2 N–H and O–H groups in total. The van der Waals surface area contributed by atoms with Crippen molar-refractivity contribution in [1.82, 2.24) is 0 Å². The number of aliphatic hydroxyl groups excluding tert-OH is 1. The van der Waals surface area contributed by atoms with Crippen molar-refractivity contribution in [3.8, 4) is 0 Å². The zero-order valence-corrected chi connectivity index (χ0v) is 47.7. The lowest BCUT2D eigenvalue weighted by Gasteiger charge is -2.21. The van der Waals surface area contributed by atoms with Crippen LogP contribution < -0.4 is 0 Å². The van der Waals surface area contributed by atoms with Crippen LogP contribution in [0.15, 0.2) is 97.2 Å². The Morgan fingerprint density at radius 3 is 1.09 bits per heavy atom. The molecular weight excluding hydrogens is 952 g/mol. The van der Waals surface area contributed by atoms with Crippen molar-refractivity contribution < 1.29 is 52.2 Å². The van der Waals surface area contributed by atoms with Gasteiger partial charge in [0.1, 0.15) is 12.7 Å². The Hall–Kier alpha value is -3.60. The van der Waals surface area contributed by atoms with E-state index in [4.69, 9.17) is 23.3 Å². The quantitative estimate of drug-likeness (QED) is 0.0197. The largest absolute Gasteiger partial charge is 0.472 e. The van der Waals surface area contributed by atoms with Gasteiger partial charge in [0.25, 0.3) is 0 Å². The Bertz CT molecular complexity index is 1610. The number of hydrogen-bond acceptors (Lipinski definition) is 10. The minimum Gasteiger partial charge on any atom is -0.462 e. The molecule has 3 atom stereocenters. The average molecular weight is 1060 g/mol. The summed E-state index contributed by atoms with van der Waals surface area (Å²) in [4.78, 5) is 48.6. The van der Waals surface area contributed by atoms with Gasteiger partial charge in [0.2, 0.25) is 0 Å². The molecule has 11 nitrogen and oxygen atoms in total. The number of rotatable bonds is 53. The van der Waals surface area contributed by atoms with Gasteiger partial charge < -0.3 is 24.2 Å². The van der Waals surface area contributed by atoms with E-state index in [9.17, 15) is 28.9 Å². The second kappa shape index (κ2) is 55.6. The van der Waals surface area contributed by atoms with Crippen molar-refractivity contribution >= 4 is 25.7 Å². The minimum atomic E-state index is -4.76. The van der Waals surface area contributed by atoms with E-state index in [1.807, 2.05) is 0 Å². The third-order valence-electron chi connectivity index (χ3n) is 12.0. The van der Waals surface area contributed by atoms with Gasteiger partial charge in [-0.3, -0.25) is 23.4 Å². The first-order chi connectivity index (χ1) is 36.2. The molecule has 0 aromatic heterocycles. The van der Waals surface area contributed by atoms with E-state index in [-0.39, 0.29) is 25.9 Å². The number of hydrogen-bond donors (Lipinski definition) is 2. The number of carbonyl (C=O) groups is 3. The highest BCUT2D eigenvalue weighted by atomic mass is 31.2. The van der Waals surface area contributed by atoms with Gasteiger partial charge in [0.15, 0.2) is 6.10 Å². The Morgan fingerprint density at radius 1 is 0.392 bits per heavy atom. The first kappa shape index (κ1) is 70.4. The summed E-state index contributed by atoms with van der Waals surface area (Å²) in [6.45, 7) is 4.34. The summed E-state index contributed by atoms with van der Waals surface area (Å²) in [6.07, 6.45) is 65.1. The van der Waals surface area contributed by atoms with Crippen LogP contribution in [0.4, 0.5) is 0 Å². The smallest absolute Gasteiger partial charge is 0.462 e. The van der Waals surface area contributed by atoms with Crippen molar-refractivity contribution in [2.24, 2.45) is 0 Å². The number of aliphatic hydroxyl groups is 1. The molecule has 0 aliphatic heterocycles. The van der Waals surface area contributed by atoms with E-state index in [1.54, 1.807) is 0 Å². The molecule has 0 saturated carbocycles. The summed E-state index contributed by atoms with van der Waals surface area (Å²) in [7, 11) is -4.76. The fraction of sp³-hybridized carbons (Fsp3) is 0.694. The molecule has 424 valence electrons. The number of carbonyl (C=O) groups excluding carboxylic acids is 3. The molecule has 0 aromatic carbocycles. The molecule has 12 heteroatoms. The molecule has 0 rings (SSSR count). The number of ether oxygens (including phenoxy) is 3. The molecule has 0 amide bonds. The third kappa shape index (κ3) is 53.2. The molecule has 0 radical (unpaired) electrons. The summed E-state index contributed by atoms with van der Waals surface area (Å²) in [5, 5.41) is 9.80. The van der Waals surface area contributed by atoms with Crippen molar-refractivity contribution in [1.29, 1.82) is 0 Å². The van der Waals surface area contributed by atoms with Crippen LogP contribution in [0, 0.1) is 0 Å². The Balaban J connectivity index is 4.79. The summed E-state index contributed by atoms with van der Waals surface area (Å²) < 4.78 is 39.5. The van der Waals surface area contributed by atoms with Gasteiger partial charge in [-0.1, -0.05) is 201 Å². The number of unbranched alkanes of at least 4 members (excludes halogenated alkanes) is 20. The topological polar surface area (TPSA) is 155 Å². The standard InChI is InChI=1S/C62H105O11P/c1-4-7-10-13-16-19-22-25-27-29-31-34-36-39-42-45-48-51-60(64)69-55-59(73-62(66)53-50-47-44-41-38-35-32-30-28-26-23-20-17-14-11-8-5-2)57-71-74(67,68)70-56-58(54-63)72-61(65)52-49-46-43-40-37-33-24-21-18-15-12-9-6-3/h7,9-10,12,16-21,25-28,33,37,58-59,63H,4-6,8,11,13-15,22-24,29-32,34-36,38-57H2,1-3H3,(H,67,68)/b10-7-,12-9-,19-16-,20-17-,21-18-,27-25-,28-26-,37-33-. The van der Waals surface area contributed by atoms with Crippen LogP contribution in [0.2, 0.25) is 0 Å². The Morgan fingerprint density at radius 2 is 0.703 bits per heavy atom. The molecular formula is C62H105O11P. The van der Waals surface area contributed by atoms with Crippen molar-refractivity contribution in [3.63, 3.8) is 0 Å². The lowest BCUT2D eigenvalue weighted by molar-refractivity contribution is -0.161.